The number of nitrogens with zero attached hydrogens (tertiary/aromatic N) is 5. The Morgan fingerprint density at radius 3 is 2.48 bits per heavy atom. The standard InChI is InChI=1S/C24H19ClF3N7O4S/c1-10(36)35-8-11(9-35)33-24-32-5-13-16(34-24)4-3-12(19(13)27)17-15(26)7-30-21(20(17)28)18-14(25)6-31-23(39-2)22(18)40(29,37)38/h3-7,11H,8-9H2,1-2H3,(H2,29,37,38)(H,32,33,34). The molecule has 1 aliphatic rings. The lowest BCUT2D eigenvalue weighted by molar-refractivity contribution is -0.132. The lowest BCUT2D eigenvalue weighted by Gasteiger charge is -2.38. The van der Waals surface area contributed by atoms with Crippen molar-refractivity contribution in [3.8, 4) is 28.3 Å². The van der Waals surface area contributed by atoms with Gasteiger partial charge in [-0.1, -0.05) is 11.6 Å². The number of likely N-dealkylation sites (tertiary alicyclic amines) is 1. The van der Waals surface area contributed by atoms with E-state index >= 15 is 8.78 Å². The van der Waals surface area contributed by atoms with Crippen LogP contribution in [0.4, 0.5) is 19.1 Å². The Hall–Kier alpha value is -4.08. The Morgan fingerprint density at radius 1 is 1.10 bits per heavy atom. The number of fused-ring (bicyclic) bond motifs is 1. The molecule has 3 N–H and O–H groups in total. The minimum absolute atomic E-state index is 0.0583. The number of hydrogen-bond donors (Lipinski definition) is 2. The molecule has 16 heteroatoms. The summed E-state index contributed by atoms with van der Waals surface area (Å²) >= 11 is 6.15. The van der Waals surface area contributed by atoms with Gasteiger partial charge < -0.3 is 15.0 Å². The van der Waals surface area contributed by atoms with Crippen LogP contribution < -0.4 is 15.2 Å². The van der Waals surface area contributed by atoms with Gasteiger partial charge in [0, 0.05) is 37.3 Å². The van der Waals surface area contributed by atoms with E-state index in [2.05, 4.69) is 25.3 Å². The predicted octanol–water partition coefficient (Wildman–Crippen LogP) is 3.12. The van der Waals surface area contributed by atoms with E-state index in [9.17, 15) is 17.6 Å². The molecule has 0 bridgehead atoms. The molecule has 0 atom stereocenters. The largest absolute Gasteiger partial charge is 0.480 e. The first-order chi connectivity index (χ1) is 18.9. The summed E-state index contributed by atoms with van der Waals surface area (Å²) in [5, 5.41) is 7.84. The Kier molecular flexibility index (Phi) is 6.97. The van der Waals surface area contributed by atoms with Crippen LogP contribution in [0.2, 0.25) is 5.02 Å². The summed E-state index contributed by atoms with van der Waals surface area (Å²) in [4.78, 5) is 28.0. The van der Waals surface area contributed by atoms with Crippen LogP contribution in [-0.2, 0) is 14.8 Å². The first-order valence-corrected chi connectivity index (χ1v) is 13.4. The Bertz CT molecular complexity index is 1800. The molecular formula is C24H19ClF3N7O4S. The van der Waals surface area contributed by atoms with Crippen LogP contribution in [-0.4, -0.2) is 65.4 Å². The number of ether oxygens (including phenoxy) is 1. The summed E-state index contributed by atoms with van der Waals surface area (Å²) in [6.07, 6.45) is 2.74. The van der Waals surface area contributed by atoms with Crippen LogP contribution in [0.15, 0.2) is 35.6 Å². The molecule has 0 spiro atoms. The number of anilines is 1. The number of benzene rings is 1. The lowest BCUT2D eigenvalue weighted by atomic mass is 10.00. The van der Waals surface area contributed by atoms with Crippen molar-refractivity contribution in [2.75, 3.05) is 25.5 Å². The second-order valence-electron chi connectivity index (χ2n) is 8.83. The molecule has 0 saturated carbocycles. The van der Waals surface area contributed by atoms with Crippen LogP contribution in [0, 0.1) is 17.5 Å². The number of aromatic nitrogens is 4. The van der Waals surface area contributed by atoms with Crippen molar-refractivity contribution in [2.24, 2.45) is 5.14 Å². The fourth-order valence-corrected chi connectivity index (χ4v) is 5.47. The number of rotatable bonds is 6. The Balaban J connectivity index is 1.59. The second-order valence-corrected chi connectivity index (χ2v) is 10.7. The molecule has 40 heavy (non-hydrogen) atoms. The SMILES string of the molecule is COc1ncc(Cl)c(-c2ncc(F)c(-c3ccc4nc(NC5CN(C(C)=O)C5)ncc4c3F)c2F)c1S(N)(=O)=O. The third-order valence-corrected chi connectivity index (χ3v) is 7.51. The normalized spacial score (nSPS) is 13.8. The van der Waals surface area contributed by atoms with Gasteiger partial charge in [-0.2, -0.15) is 0 Å². The summed E-state index contributed by atoms with van der Waals surface area (Å²) < 4.78 is 76.2. The zero-order chi connectivity index (χ0) is 28.9. The highest BCUT2D eigenvalue weighted by molar-refractivity contribution is 7.89. The zero-order valence-electron chi connectivity index (χ0n) is 20.7. The topological polar surface area (TPSA) is 153 Å². The van der Waals surface area contributed by atoms with Crippen molar-refractivity contribution in [2.45, 2.75) is 17.9 Å². The third-order valence-electron chi connectivity index (χ3n) is 6.27. The highest BCUT2D eigenvalue weighted by atomic mass is 35.5. The van der Waals surface area contributed by atoms with Gasteiger partial charge in [-0.15, -0.1) is 0 Å². The second kappa shape index (κ2) is 10.1. The van der Waals surface area contributed by atoms with Crippen molar-refractivity contribution >= 4 is 44.4 Å². The molecule has 1 aromatic carbocycles. The molecule has 0 unspecified atom stereocenters. The van der Waals surface area contributed by atoms with E-state index in [0.717, 1.165) is 25.6 Å². The highest BCUT2D eigenvalue weighted by Gasteiger charge is 2.31. The fraction of sp³-hybridized carbons (Fsp3) is 0.208. The fourth-order valence-electron chi connectivity index (χ4n) is 4.31. The van der Waals surface area contributed by atoms with E-state index in [4.69, 9.17) is 21.5 Å². The number of pyridine rings is 2. The van der Waals surface area contributed by atoms with E-state index in [0.29, 0.717) is 19.3 Å². The molecule has 3 aromatic heterocycles. The van der Waals surface area contributed by atoms with Crippen LogP contribution in [0.1, 0.15) is 6.92 Å². The first kappa shape index (κ1) is 27.5. The number of carbonyl (C=O) groups excluding carboxylic acids is 1. The van der Waals surface area contributed by atoms with Gasteiger partial charge in [0.25, 0.3) is 0 Å². The average Bonchev–Trinajstić information content (AvgIpc) is 2.86. The van der Waals surface area contributed by atoms with E-state index < -0.39 is 60.6 Å². The maximum Gasteiger partial charge on any atom is 0.244 e. The van der Waals surface area contributed by atoms with Crippen LogP contribution in [0.5, 0.6) is 5.88 Å². The predicted molar refractivity (Wildman–Crippen MR) is 138 cm³/mol. The lowest BCUT2D eigenvalue weighted by Crippen LogP contribution is -2.56. The Labute approximate surface area is 230 Å². The van der Waals surface area contributed by atoms with Crippen LogP contribution in [0.25, 0.3) is 33.3 Å². The van der Waals surface area contributed by atoms with Gasteiger partial charge in [0.05, 0.1) is 47.0 Å². The van der Waals surface area contributed by atoms with Crippen molar-refractivity contribution in [1.29, 1.82) is 0 Å². The number of halogens is 4. The van der Waals surface area contributed by atoms with E-state index in [1.165, 1.54) is 13.0 Å². The molecule has 1 aliphatic heterocycles. The van der Waals surface area contributed by atoms with Gasteiger partial charge >= 0.3 is 0 Å². The van der Waals surface area contributed by atoms with Crippen molar-refractivity contribution in [3.63, 3.8) is 0 Å². The summed E-state index contributed by atoms with van der Waals surface area (Å²) in [5.41, 5.74) is -2.44. The van der Waals surface area contributed by atoms with Gasteiger partial charge in [-0.05, 0) is 12.1 Å². The molecule has 4 aromatic rings. The zero-order valence-corrected chi connectivity index (χ0v) is 22.3. The molecular weight excluding hydrogens is 575 g/mol. The summed E-state index contributed by atoms with van der Waals surface area (Å²) in [5.74, 6) is -4.03. The molecule has 11 nitrogen and oxygen atoms in total. The number of nitrogens with one attached hydrogen (secondary N) is 1. The number of carbonyl (C=O) groups is 1. The maximum atomic E-state index is 15.9. The molecule has 5 rings (SSSR count). The molecule has 1 fully saturated rings. The minimum atomic E-state index is -4.59. The number of primary sulfonamides is 1. The minimum Gasteiger partial charge on any atom is -0.480 e. The third kappa shape index (κ3) is 4.76. The van der Waals surface area contributed by atoms with Crippen molar-refractivity contribution in [1.82, 2.24) is 24.8 Å². The number of hydrogen-bond acceptors (Lipinski definition) is 9. The van der Waals surface area contributed by atoms with Gasteiger partial charge in [0.15, 0.2) is 16.5 Å². The molecule has 208 valence electrons. The van der Waals surface area contributed by atoms with Gasteiger partial charge in [0.1, 0.15) is 11.5 Å². The highest BCUT2D eigenvalue weighted by Crippen LogP contribution is 2.41. The summed E-state index contributed by atoms with van der Waals surface area (Å²) in [7, 11) is -3.49. The average molecular weight is 594 g/mol. The monoisotopic (exact) mass is 593 g/mol. The van der Waals surface area contributed by atoms with E-state index in [1.807, 2.05) is 0 Å². The van der Waals surface area contributed by atoms with Gasteiger partial charge in [-0.25, -0.2) is 46.7 Å². The van der Waals surface area contributed by atoms with Gasteiger partial charge in [-0.3, -0.25) is 4.79 Å². The first-order valence-electron chi connectivity index (χ1n) is 11.5. The molecule has 0 radical (unpaired) electrons. The van der Waals surface area contributed by atoms with Crippen LogP contribution in [0.3, 0.4) is 0 Å². The number of sulfonamides is 1. The summed E-state index contributed by atoms with van der Waals surface area (Å²) in [6, 6.07) is 2.39. The van der Waals surface area contributed by atoms with Gasteiger partial charge in [0.2, 0.25) is 27.8 Å². The quantitative estimate of drug-likeness (QED) is 0.343. The van der Waals surface area contributed by atoms with Crippen LogP contribution >= 0.6 is 11.6 Å². The maximum absolute atomic E-state index is 15.9. The molecule has 1 saturated heterocycles. The number of nitrogens with two attached hydrogens (primary N) is 1. The summed E-state index contributed by atoms with van der Waals surface area (Å²) in [6.45, 7) is 2.39. The molecule has 0 aliphatic carbocycles. The number of methoxy groups -OCH3 is 1. The van der Waals surface area contributed by atoms with E-state index in [-0.39, 0.29) is 33.8 Å². The van der Waals surface area contributed by atoms with E-state index in [1.54, 1.807) is 4.90 Å². The number of amides is 1. The van der Waals surface area contributed by atoms with Crippen molar-refractivity contribution in [3.05, 3.63) is 53.2 Å². The smallest absolute Gasteiger partial charge is 0.244 e. The van der Waals surface area contributed by atoms with Crippen molar-refractivity contribution < 1.29 is 31.1 Å². The molecule has 4 heterocycles. The Morgan fingerprint density at radius 2 is 1.82 bits per heavy atom. The molecule has 1 amide bonds.